The van der Waals surface area contributed by atoms with Gasteiger partial charge in [0.05, 0.1) is 12.2 Å². The van der Waals surface area contributed by atoms with Crippen LogP contribution in [-0.4, -0.2) is 24.5 Å². The largest absolute Gasteiger partial charge is 0.488 e. The molecule has 0 bridgehead atoms. The number of anilines is 1. The van der Waals surface area contributed by atoms with Gasteiger partial charge in [-0.1, -0.05) is 44.2 Å². The van der Waals surface area contributed by atoms with E-state index in [1.54, 1.807) is 25.1 Å². The van der Waals surface area contributed by atoms with Crippen molar-refractivity contribution in [2.75, 3.05) is 12.3 Å². The van der Waals surface area contributed by atoms with Crippen LogP contribution in [0.15, 0.2) is 48.5 Å². The van der Waals surface area contributed by atoms with Crippen molar-refractivity contribution in [1.29, 1.82) is 0 Å². The number of nitrogens with two attached hydrogens (primary N) is 1. The van der Waals surface area contributed by atoms with E-state index in [9.17, 15) is 9.59 Å². The number of amides is 1. The van der Waals surface area contributed by atoms with Gasteiger partial charge in [-0.25, -0.2) is 4.79 Å². The molecule has 0 aliphatic heterocycles. The van der Waals surface area contributed by atoms with Crippen LogP contribution in [0.3, 0.4) is 0 Å². The van der Waals surface area contributed by atoms with Crippen LogP contribution < -0.4 is 15.8 Å². The Bertz CT molecular complexity index is 797. The highest BCUT2D eigenvalue weighted by atomic mass is 35.5. The first-order chi connectivity index (χ1) is 13.4. The molecule has 2 aromatic rings. The SMILES string of the molecule is CCOC(=O)[C@H](CC(C)C)NC(=O)c1cc(N)ccc1OCc1ccccc1.Cl. The molecule has 0 radical (unpaired) electrons. The number of ether oxygens (including phenoxy) is 2. The smallest absolute Gasteiger partial charge is 0.328 e. The van der Waals surface area contributed by atoms with E-state index < -0.39 is 17.9 Å². The standard InChI is InChI=1S/C22H28N2O4.ClH/c1-4-27-22(26)19(12-15(2)3)24-21(25)18-13-17(23)10-11-20(18)28-14-16-8-6-5-7-9-16;/h5-11,13,15,19H,4,12,14,23H2,1-3H3,(H,24,25);1H/t19-;/m0./s1. The van der Waals surface area contributed by atoms with Crippen molar-refractivity contribution >= 4 is 30.0 Å². The van der Waals surface area contributed by atoms with Crippen molar-refractivity contribution in [2.24, 2.45) is 5.92 Å². The lowest BCUT2D eigenvalue weighted by Crippen LogP contribution is -2.42. The molecule has 6 nitrogen and oxygen atoms in total. The van der Waals surface area contributed by atoms with Gasteiger partial charge in [-0.2, -0.15) is 0 Å². The van der Waals surface area contributed by atoms with Crippen LogP contribution in [0.2, 0.25) is 0 Å². The number of hydrogen-bond donors (Lipinski definition) is 2. The summed E-state index contributed by atoms with van der Waals surface area (Å²) in [5.74, 6) is -0.249. The van der Waals surface area contributed by atoms with Gasteiger partial charge in [0.1, 0.15) is 18.4 Å². The van der Waals surface area contributed by atoms with Crippen molar-refractivity contribution < 1.29 is 19.1 Å². The van der Waals surface area contributed by atoms with Gasteiger partial charge in [-0.05, 0) is 43.0 Å². The Morgan fingerprint density at radius 1 is 1.10 bits per heavy atom. The van der Waals surface area contributed by atoms with E-state index in [4.69, 9.17) is 15.2 Å². The summed E-state index contributed by atoms with van der Waals surface area (Å²) >= 11 is 0. The Morgan fingerprint density at radius 3 is 2.41 bits per heavy atom. The van der Waals surface area contributed by atoms with Crippen molar-refractivity contribution in [3.05, 3.63) is 59.7 Å². The summed E-state index contributed by atoms with van der Waals surface area (Å²) in [6.07, 6.45) is 0.479. The summed E-state index contributed by atoms with van der Waals surface area (Å²) in [4.78, 5) is 25.1. The van der Waals surface area contributed by atoms with Crippen LogP contribution in [0.4, 0.5) is 5.69 Å². The van der Waals surface area contributed by atoms with E-state index in [0.29, 0.717) is 24.5 Å². The van der Waals surface area contributed by atoms with Crippen molar-refractivity contribution in [3.63, 3.8) is 0 Å². The minimum Gasteiger partial charge on any atom is -0.488 e. The van der Waals surface area contributed by atoms with E-state index in [1.807, 2.05) is 44.2 Å². The second-order valence-electron chi connectivity index (χ2n) is 6.94. The second kappa shape index (κ2) is 12.0. The number of nitrogens with one attached hydrogen (secondary N) is 1. The number of carbonyl (C=O) groups is 2. The Balaban J connectivity index is 0.00000420. The predicted octanol–water partition coefficient (Wildman–Crippen LogP) is 3.98. The van der Waals surface area contributed by atoms with Crippen LogP contribution in [0.5, 0.6) is 5.75 Å². The van der Waals surface area contributed by atoms with Crippen LogP contribution in [0.25, 0.3) is 0 Å². The minimum atomic E-state index is -0.726. The van der Waals surface area contributed by atoms with E-state index in [2.05, 4.69) is 5.32 Å². The van der Waals surface area contributed by atoms with Gasteiger partial charge in [0.25, 0.3) is 5.91 Å². The third-order valence-electron chi connectivity index (χ3n) is 4.07. The molecule has 0 saturated carbocycles. The van der Waals surface area contributed by atoms with Crippen LogP contribution in [0.1, 0.15) is 43.1 Å². The fourth-order valence-corrected chi connectivity index (χ4v) is 2.75. The molecule has 0 fully saturated rings. The van der Waals surface area contributed by atoms with E-state index in [0.717, 1.165) is 5.56 Å². The molecule has 1 atom stereocenters. The quantitative estimate of drug-likeness (QED) is 0.473. The number of carbonyl (C=O) groups excluding carboxylic acids is 2. The molecule has 1 amide bonds. The molecule has 0 spiro atoms. The molecule has 0 aliphatic carbocycles. The zero-order chi connectivity index (χ0) is 20.5. The summed E-state index contributed by atoms with van der Waals surface area (Å²) in [5, 5.41) is 2.77. The molecule has 2 aromatic carbocycles. The lowest BCUT2D eigenvalue weighted by atomic mass is 10.0. The number of rotatable bonds is 9. The summed E-state index contributed by atoms with van der Waals surface area (Å²) < 4.78 is 10.9. The molecule has 2 rings (SSSR count). The van der Waals surface area contributed by atoms with Crippen molar-refractivity contribution in [3.8, 4) is 5.75 Å². The number of esters is 1. The zero-order valence-electron chi connectivity index (χ0n) is 17.0. The molecule has 3 N–H and O–H groups in total. The van der Waals surface area contributed by atoms with Gasteiger partial charge in [0, 0.05) is 5.69 Å². The van der Waals surface area contributed by atoms with E-state index >= 15 is 0 Å². The van der Waals surface area contributed by atoms with Gasteiger partial charge < -0.3 is 20.5 Å². The van der Waals surface area contributed by atoms with Crippen LogP contribution in [0, 0.1) is 5.92 Å². The molecule has 0 aliphatic rings. The molecule has 29 heavy (non-hydrogen) atoms. The van der Waals surface area contributed by atoms with Gasteiger partial charge >= 0.3 is 5.97 Å². The summed E-state index contributed by atoms with van der Waals surface area (Å²) in [6, 6.07) is 13.8. The van der Waals surface area contributed by atoms with E-state index in [1.165, 1.54) is 0 Å². The molecular weight excluding hydrogens is 392 g/mol. The third kappa shape index (κ3) is 7.66. The average molecular weight is 421 g/mol. The van der Waals surface area contributed by atoms with Gasteiger partial charge in [-0.15, -0.1) is 12.4 Å². The van der Waals surface area contributed by atoms with Gasteiger partial charge in [0.2, 0.25) is 0 Å². The lowest BCUT2D eigenvalue weighted by Gasteiger charge is -2.20. The van der Waals surface area contributed by atoms with Crippen molar-refractivity contribution in [2.45, 2.75) is 39.8 Å². The maximum absolute atomic E-state index is 12.9. The Kier molecular flexibility index (Phi) is 10.0. The molecule has 0 unspecified atom stereocenters. The fraction of sp³-hybridized carbons (Fsp3) is 0.364. The average Bonchev–Trinajstić information content (AvgIpc) is 2.67. The second-order valence-corrected chi connectivity index (χ2v) is 6.94. The first-order valence-electron chi connectivity index (χ1n) is 9.44. The molecule has 0 saturated heterocycles. The summed E-state index contributed by atoms with van der Waals surface area (Å²) in [6.45, 7) is 6.27. The molecular formula is C22H29ClN2O4. The van der Waals surface area contributed by atoms with E-state index in [-0.39, 0.29) is 30.5 Å². The maximum atomic E-state index is 12.9. The normalized spacial score (nSPS) is 11.3. The first-order valence-corrected chi connectivity index (χ1v) is 9.44. The lowest BCUT2D eigenvalue weighted by molar-refractivity contribution is -0.145. The fourth-order valence-electron chi connectivity index (χ4n) is 2.75. The Labute approximate surface area is 178 Å². The zero-order valence-corrected chi connectivity index (χ0v) is 17.8. The number of nitrogen functional groups attached to an aromatic ring is 1. The Hall–Kier alpha value is -2.73. The number of benzene rings is 2. The molecule has 158 valence electrons. The van der Waals surface area contributed by atoms with Gasteiger partial charge in [-0.3, -0.25) is 4.79 Å². The number of hydrogen-bond acceptors (Lipinski definition) is 5. The summed E-state index contributed by atoms with van der Waals surface area (Å²) in [7, 11) is 0. The highest BCUT2D eigenvalue weighted by Gasteiger charge is 2.25. The monoisotopic (exact) mass is 420 g/mol. The molecule has 0 heterocycles. The molecule has 7 heteroatoms. The topological polar surface area (TPSA) is 90.7 Å². The maximum Gasteiger partial charge on any atom is 0.328 e. The van der Waals surface area contributed by atoms with Crippen molar-refractivity contribution in [1.82, 2.24) is 5.32 Å². The third-order valence-corrected chi connectivity index (χ3v) is 4.07. The highest BCUT2D eigenvalue weighted by molar-refractivity contribution is 5.99. The highest BCUT2D eigenvalue weighted by Crippen LogP contribution is 2.23. The first kappa shape index (κ1) is 24.3. The van der Waals surface area contributed by atoms with Crippen LogP contribution >= 0.6 is 12.4 Å². The number of halogens is 1. The van der Waals surface area contributed by atoms with Gasteiger partial charge in [0.15, 0.2) is 0 Å². The Morgan fingerprint density at radius 2 is 1.79 bits per heavy atom. The minimum absolute atomic E-state index is 0. The molecule has 0 aromatic heterocycles. The summed E-state index contributed by atoms with van der Waals surface area (Å²) in [5.41, 5.74) is 7.57. The van der Waals surface area contributed by atoms with Crippen LogP contribution in [-0.2, 0) is 16.1 Å². The predicted molar refractivity (Wildman–Crippen MR) is 116 cm³/mol.